The number of fused-ring (bicyclic) bond motifs is 2. The maximum Gasteiger partial charge on any atom is 0.0126 e. The Morgan fingerprint density at radius 3 is 2.44 bits per heavy atom. The van der Waals surface area contributed by atoms with Crippen LogP contribution in [-0.4, -0.2) is 12.6 Å². The third-order valence-corrected chi connectivity index (χ3v) is 5.60. The first-order valence-electron chi connectivity index (χ1n) is 7.62. The molecule has 3 fully saturated rings. The van der Waals surface area contributed by atoms with Gasteiger partial charge in [-0.15, -0.1) is 0 Å². The quantitative estimate of drug-likeness (QED) is 0.765. The largest absolute Gasteiger partial charge is 0.314 e. The van der Waals surface area contributed by atoms with Gasteiger partial charge >= 0.3 is 0 Å². The molecule has 16 heavy (non-hydrogen) atoms. The molecule has 4 atom stereocenters. The van der Waals surface area contributed by atoms with Gasteiger partial charge in [-0.05, 0) is 62.3 Å². The van der Waals surface area contributed by atoms with E-state index in [2.05, 4.69) is 12.2 Å². The third kappa shape index (κ3) is 1.92. The van der Waals surface area contributed by atoms with Crippen molar-refractivity contribution in [1.82, 2.24) is 5.32 Å². The van der Waals surface area contributed by atoms with Crippen LogP contribution in [0.5, 0.6) is 0 Å². The maximum atomic E-state index is 3.85. The van der Waals surface area contributed by atoms with Gasteiger partial charge < -0.3 is 5.32 Å². The molecule has 3 aliphatic rings. The standard InChI is InChI=1S/C15H27N/c1-2-16-15(12-5-3-4-6-12)14-10-11-7-8-13(14)9-11/h11-16H,2-10H2,1H3. The van der Waals surface area contributed by atoms with Gasteiger partial charge in [-0.1, -0.05) is 26.2 Å². The second kappa shape index (κ2) is 4.68. The lowest BCUT2D eigenvalue weighted by atomic mass is 9.77. The van der Waals surface area contributed by atoms with Crippen molar-refractivity contribution in [2.75, 3.05) is 6.54 Å². The molecule has 1 N–H and O–H groups in total. The number of rotatable bonds is 4. The maximum absolute atomic E-state index is 3.85. The molecule has 0 aromatic carbocycles. The van der Waals surface area contributed by atoms with Crippen LogP contribution in [0.2, 0.25) is 0 Å². The van der Waals surface area contributed by atoms with Gasteiger partial charge in [0.2, 0.25) is 0 Å². The molecule has 2 bridgehead atoms. The van der Waals surface area contributed by atoms with Crippen LogP contribution in [0, 0.1) is 23.7 Å². The molecule has 3 rings (SSSR count). The Morgan fingerprint density at radius 1 is 1.06 bits per heavy atom. The third-order valence-electron chi connectivity index (χ3n) is 5.60. The highest BCUT2D eigenvalue weighted by Crippen LogP contribution is 2.51. The summed E-state index contributed by atoms with van der Waals surface area (Å²) in [5.41, 5.74) is 0. The van der Waals surface area contributed by atoms with E-state index in [4.69, 9.17) is 0 Å². The lowest BCUT2D eigenvalue weighted by molar-refractivity contribution is 0.194. The van der Waals surface area contributed by atoms with Crippen molar-refractivity contribution in [2.45, 2.75) is 64.3 Å². The Balaban J connectivity index is 1.67. The van der Waals surface area contributed by atoms with Gasteiger partial charge in [-0.25, -0.2) is 0 Å². The minimum absolute atomic E-state index is 0.878. The summed E-state index contributed by atoms with van der Waals surface area (Å²) in [6.45, 7) is 3.46. The van der Waals surface area contributed by atoms with E-state index in [1.807, 2.05) is 0 Å². The van der Waals surface area contributed by atoms with Crippen LogP contribution in [0.15, 0.2) is 0 Å². The van der Waals surface area contributed by atoms with Gasteiger partial charge in [0.05, 0.1) is 0 Å². The minimum Gasteiger partial charge on any atom is -0.314 e. The van der Waals surface area contributed by atoms with Crippen molar-refractivity contribution in [3.05, 3.63) is 0 Å². The monoisotopic (exact) mass is 221 g/mol. The average Bonchev–Trinajstić information content (AvgIpc) is 3.01. The smallest absolute Gasteiger partial charge is 0.0126 e. The van der Waals surface area contributed by atoms with Gasteiger partial charge in [0.1, 0.15) is 0 Å². The summed E-state index contributed by atoms with van der Waals surface area (Å²) in [6.07, 6.45) is 12.2. The molecule has 0 radical (unpaired) electrons. The summed E-state index contributed by atoms with van der Waals surface area (Å²) >= 11 is 0. The van der Waals surface area contributed by atoms with Crippen LogP contribution in [0.1, 0.15) is 58.3 Å². The summed E-state index contributed by atoms with van der Waals surface area (Å²) in [7, 11) is 0. The number of nitrogens with one attached hydrogen (secondary N) is 1. The van der Waals surface area contributed by atoms with Crippen LogP contribution in [0.4, 0.5) is 0 Å². The lowest BCUT2D eigenvalue weighted by Crippen LogP contribution is -2.43. The van der Waals surface area contributed by atoms with Crippen LogP contribution in [0.25, 0.3) is 0 Å². The first kappa shape index (κ1) is 11.1. The molecule has 0 aromatic heterocycles. The van der Waals surface area contributed by atoms with E-state index < -0.39 is 0 Å². The molecule has 0 spiro atoms. The second-order valence-electron chi connectivity index (χ2n) is 6.47. The summed E-state index contributed by atoms with van der Waals surface area (Å²) in [5.74, 6) is 4.26. The van der Waals surface area contributed by atoms with Crippen molar-refractivity contribution in [1.29, 1.82) is 0 Å². The zero-order chi connectivity index (χ0) is 11.0. The molecule has 92 valence electrons. The van der Waals surface area contributed by atoms with E-state index >= 15 is 0 Å². The zero-order valence-electron chi connectivity index (χ0n) is 10.8. The van der Waals surface area contributed by atoms with E-state index in [1.54, 1.807) is 25.7 Å². The Labute approximate surface area is 100 Å². The van der Waals surface area contributed by atoms with Crippen molar-refractivity contribution >= 4 is 0 Å². The normalized spacial score (nSPS) is 40.7. The first-order valence-corrected chi connectivity index (χ1v) is 7.62. The number of hydrogen-bond acceptors (Lipinski definition) is 1. The Hall–Kier alpha value is -0.0400. The van der Waals surface area contributed by atoms with Crippen LogP contribution in [-0.2, 0) is 0 Å². The van der Waals surface area contributed by atoms with Gasteiger partial charge in [-0.3, -0.25) is 0 Å². The molecule has 3 aliphatic carbocycles. The summed E-state index contributed by atoms with van der Waals surface area (Å²) in [5, 5.41) is 3.85. The van der Waals surface area contributed by atoms with Crippen LogP contribution in [0.3, 0.4) is 0 Å². The van der Waals surface area contributed by atoms with Gasteiger partial charge in [0.15, 0.2) is 0 Å². The fourth-order valence-corrected chi connectivity index (χ4v) is 4.95. The fraction of sp³-hybridized carbons (Fsp3) is 1.00. The highest BCUT2D eigenvalue weighted by Gasteiger charge is 2.45. The minimum atomic E-state index is 0.878. The summed E-state index contributed by atoms with van der Waals surface area (Å²) in [4.78, 5) is 0. The number of hydrogen-bond donors (Lipinski definition) is 1. The summed E-state index contributed by atoms with van der Waals surface area (Å²) < 4.78 is 0. The fourth-order valence-electron chi connectivity index (χ4n) is 4.95. The van der Waals surface area contributed by atoms with E-state index in [0.29, 0.717) is 0 Å². The molecular formula is C15H27N. The molecule has 0 saturated heterocycles. The van der Waals surface area contributed by atoms with E-state index in [9.17, 15) is 0 Å². The Morgan fingerprint density at radius 2 is 1.88 bits per heavy atom. The molecule has 0 aromatic rings. The Kier molecular flexibility index (Phi) is 3.24. The SMILES string of the molecule is CCNC(C1CCCC1)C1CC2CCC1C2. The molecule has 4 unspecified atom stereocenters. The van der Waals surface area contributed by atoms with E-state index in [0.717, 1.165) is 29.7 Å². The van der Waals surface area contributed by atoms with E-state index in [1.165, 1.54) is 32.2 Å². The molecule has 0 amide bonds. The van der Waals surface area contributed by atoms with Crippen molar-refractivity contribution < 1.29 is 0 Å². The van der Waals surface area contributed by atoms with Crippen molar-refractivity contribution in [2.24, 2.45) is 23.7 Å². The highest BCUT2D eigenvalue weighted by atomic mass is 14.9. The van der Waals surface area contributed by atoms with Crippen molar-refractivity contribution in [3.8, 4) is 0 Å². The van der Waals surface area contributed by atoms with Gasteiger partial charge in [-0.2, -0.15) is 0 Å². The predicted molar refractivity (Wildman–Crippen MR) is 68.4 cm³/mol. The molecule has 0 aliphatic heterocycles. The molecule has 3 saturated carbocycles. The molecular weight excluding hydrogens is 194 g/mol. The first-order chi connectivity index (χ1) is 7.88. The van der Waals surface area contributed by atoms with Crippen LogP contribution < -0.4 is 5.32 Å². The average molecular weight is 221 g/mol. The van der Waals surface area contributed by atoms with Gasteiger partial charge in [0.25, 0.3) is 0 Å². The van der Waals surface area contributed by atoms with Crippen LogP contribution >= 0.6 is 0 Å². The molecule has 1 nitrogen and oxygen atoms in total. The molecule has 0 heterocycles. The van der Waals surface area contributed by atoms with Crippen molar-refractivity contribution in [3.63, 3.8) is 0 Å². The summed E-state index contributed by atoms with van der Waals surface area (Å²) in [6, 6.07) is 0.878. The van der Waals surface area contributed by atoms with Gasteiger partial charge in [0, 0.05) is 6.04 Å². The lowest BCUT2D eigenvalue weighted by Gasteiger charge is -2.35. The van der Waals surface area contributed by atoms with E-state index in [-0.39, 0.29) is 0 Å². The zero-order valence-corrected chi connectivity index (χ0v) is 10.8. The topological polar surface area (TPSA) is 12.0 Å². The predicted octanol–water partition coefficient (Wildman–Crippen LogP) is 3.59. The second-order valence-corrected chi connectivity index (χ2v) is 6.47. The Bertz CT molecular complexity index is 232. The highest BCUT2D eigenvalue weighted by molar-refractivity contribution is 4.98. The molecule has 1 heteroatoms.